The van der Waals surface area contributed by atoms with Crippen LogP contribution in [0.25, 0.3) is 0 Å². The number of hydrogen-bond acceptors (Lipinski definition) is 3. The standard InChI is InChI=1S/C16H16F3N3O2/c17-16(18,19)13-4-2-1-3-12(13)15(24)22-9-6-11(7-10-22)21-14(23)5-8-20/h1-4,11H,5-7,9-10H2,(H,21,23). The number of carbonyl (C=O) groups excluding carboxylic acids is 2. The highest BCUT2D eigenvalue weighted by atomic mass is 19.4. The summed E-state index contributed by atoms with van der Waals surface area (Å²) < 4.78 is 39.0. The monoisotopic (exact) mass is 339 g/mol. The molecule has 2 amide bonds. The molecule has 0 radical (unpaired) electrons. The Bertz CT molecular complexity index is 659. The molecule has 2 rings (SSSR count). The normalized spacial score (nSPS) is 15.7. The molecule has 1 aliphatic heterocycles. The molecule has 1 fully saturated rings. The van der Waals surface area contributed by atoms with Crippen LogP contribution in [-0.2, 0) is 11.0 Å². The molecule has 128 valence electrons. The van der Waals surface area contributed by atoms with Crippen molar-refractivity contribution in [1.29, 1.82) is 5.26 Å². The van der Waals surface area contributed by atoms with Crippen LogP contribution in [-0.4, -0.2) is 35.8 Å². The molecule has 1 aromatic rings. The van der Waals surface area contributed by atoms with Crippen molar-refractivity contribution in [3.63, 3.8) is 0 Å². The van der Waals surface area contributed by atoms with Crippen molar-refractivity contribution in [2.24, 2.45) is 0 Å². The van der Waals surface area contributed by atoms with Crippen molar-refractivity contribution in [3.8, 4) is 6.07 Å². The number of amides is 2. The zero-order chi connectivity index (χ0) is 17.7. The second-order valence-electron chi connectivity index (χ2n) is 5.51. The minimum atomic E-state index is -4.59. The topological polar surface area (TPSA) is 73.2 Å². The summed E-state index contributed by atoms with van der Waals surface area (Å²) in [6.07, 6.45) is -3.94. The number of alkyl halides is 3. The Kier molecular flexibility index (Phi) is 5.44. The van der Waals surface area contributed by atoms with Gasteiger partial charge in [-0.15, -0.1) is 0 Å². The lowest BCUT2D eigenvalue weighted by atomic mass is 10.0. The van der Waals surface area contributed by atoms with E-state index >= 15 is 0 Å². The maximum atomic E-state index is 13.0. The van der Waals surface area contributed by atoms with E-state index in [1.165, 1.54) is 23.1 Å². The molecule has 1 heterocycles. The molecule has 1 saturated heterocycles. The zero-order valence-electron chi connectivity index (χ0n) is 12.8. The second kappa shape index (κ2) is 7.34. The van der Waals surface area contributed by atoms with Gasteiger partial charge in [0.1, 0.15) is 6.42 Å². The van der Waals surface area contributed by atoms with E-state index < -0.39 is 17.6 Å². The minimum Gasteiger partial charge on any atom is -0.352 e. The van der Waals surface area contributed by atoms with E-state index in [2.05, 4.69) is 5.32 Å². The van der Waals surface area contributed by atoms with Gasteiger partial charge < -0.3 is 10.2 Å². The van der Waals surface area contributed by atoms with Crippen LogP contribution in [0.4, 0.5) is 13.2 Å². The number of piperidine rings is 1. The van der Waals surface area contributed by atoms with Crippen LogP contribution in [0.5, 0.6) is 0 Å². The summed E-state index contributed by atoms with van der Waals surface area (Å²) in [5, 5.41) is 11.1. The van der Waals surface area contributed by atoms with Gasteiger partial charge in [-0.3, -0.25) is 9.59 Å². The third kappa shape index (κ3) is 4.25. The number of carbonyl (C=O) groups is 2. The maximum Gasteiger partial charge on any atom is 0.417 e. The Morgan fingerprint density at radius 1 is 1.25 bits per heavy atom. The summed E-state index contributed by atoms with van der Waals surface area (Å²) in [4.78, 5) is 25.1. The second-order valence-corrected chi connectivity index (χ2v) is 5.51. The van der Waals surface area contributed by atoms with Gasteiger partial charge >= 0.3 is 6.18 Å². The number of benzene rings is 1. The van der Waals surface area contributed by atoms with Crippen molar-refractivity contribution >= 4 is 11.8 Å². The molecule has 8 heteroatoms. The zero-order valence-corrected chi connectivity index (χ0v) is 12.8. The highest BCUT2D eigenvalue weighted by molar-refractivity contribution is 5.96. The number of nitrogens with zero attached hydrogens (tertiary/aromatic N) is 2. The third-order valence-corrected chi connectivity index (χ3v) is 3.85. The van der Waals surface area contributed by atoms with Gasteiger partial charge in [-0.05, 0) is 25.0 Å². The maximum absolute atomic E-state index is 13.0. The van der Waals surface area contributed by atoms with Crippen molar-refractivity contribution in [2.75, 3.05) is 13.1 Å². The van der Waals surface area contributed by atoms with E-state index in [9.17, 15) is 22.8 Å². The summed E-state index contributed by atoms with van der Waals surface area (Å²) in [7, 11) is 0. The smallest absolute Gasteiger partial charge is 0.352 e. The number of rotatable bonds is 3. The molecule has 0 bridgehead atoms. The molecule has 0 saturated carbocycles. The van der Waals surface area contributed by atoms with Gasteiger partial charge in [0.05, 0.1) is 17.2 Å². The van der Waals surface area contributed by atoms with E-state index in [4.69, 9.17) is 5.26 Å². The van der Waals surface area contributed by atoms with Crippen LogP contribution in [0, 0.1) is 11.3 Å². The lowest BCUT2D eigenvalue weighted by molar-refractivity contribution is -0.138. The highest BCUT2D eigenvalue weighted by Crippen LogP contribution is 2.32. The fourth-order valence-corrected chi connectivity index (χ4v) is 2.66. The molecule has 0 aromatic heterocycles. The Morgan fingerprint density at radius 2 is 1.88 bits per heavy atom. The molecule has 0 unspecified atom stereocenters. The average Bonchev–Trinajstić information content (AvgIpc) is 2.54. The van der Waals surface area contributed by atoms with E-state index in [-0.39, 0.29) is 37.0 Å². The van der Waals surface area contributed by atoms with Gasteiger partial charge in [0, 0.05) is 19.1 Å². The molecular weight excluding hydrogens is 323 g/mol. The number of likely N-dealkylation sites (tertiary alicyclic amines) is 1. The quantitative estimate of drug-likeness (QED) is 0.919. The first-order valence-corrected chi connectivity index (χ1v) is 7.44. The van der Waals surface area contributed by atoms with Gasteiger partial charge in [-0.25, -0.2) is 0 Å². The molecule has 5 nitrogen and oxygen atoms in total. The minimum absolute atomic E-state index is 0.173. The largest absolute Gasteiger partial charge is 0.417 e. The van der Waals surface area contributed by atoms with E-state index in [1.54, 1.807) is 6.07 Å². The van der Waals surface area contributed by atoms with Crippen molar-refractivity contribution in [1.82, 2.24) is 10.2 Å². The van der Waals surface area contributed by atoms with Crippen molar-refractivity contribution < 1.29 is 22.8 Å². The molecule has 1 aromatic carbocycles. The lowest BCUT2D eigenvalue weighted by Crippen LogP contribution is -2.46. The molecule has 0 aliphatic carbocycles. The predicted octanol–water partition coefficient (Wildman–Crippen LogP) is 2.34. The number of hydrogen-bond donors (Lipinski definition) is 1. The SMILES string of the molecule is N#CCC(=O)NC1CCN(C(=O)c2ccccc2C(F)(F)F)CC1. The van der Waals surface area contributed by atoms with Crippen LogP contribution >= 0.6 is 0 Å². The van der Waals surface area contributed by atoms with Crippen LogP contribution in [0.1, 0.15) is 35.2 Å². The van der Waals surface area contributed by atoms with Crippen LogP contribution in [0.2, 0.25) is 0 Å². The number of nitrogens with one attached hydrogen (secondary N) is 1. The van der Waals surface area contributed by atoms with Gasteiger partial charge in [0.25, 0.3) is 5.91 Å². The van der Waals surface area contributed by atoms with Crippen LogP contribution in [0.3, 0.4) is 0 Å². The summed E-state index contributed by atoms with van der Waals surface area (Å²) in [5.74, 6) is -1.05. The first kappa shape index (κ1) is 17.8. The van der Waals surface area contributed by atoms with Crippen molar-refractivity contribution in [3.05, 3.63) is 35.4 Å². The Hall–Kier alpha value is -2.56. The van der Waals surface area contributed by atoms with Gasteiger partial charge in [0.2, 0.25) is 5.91 Å². The van der Waals surface area contributed by atoms with Crippen LogP contribution in [0.15, 0.2) is 24.3 Å². The number of halogens is 3. The lowest BCUT2D eigenvalue weighted by Gasteiger charge is -2.32. The molecule has 24 heavy (non-hydrogen) atoms. The van der Waals surface area contributed by atoms with Gasteiger partial charge in [-0.1, -0.05) is 12.1 Å². The van der Waals surface area contributed by atoms with E-state index in [0.717, 1.165) is 6.07 Å². The summed E-state index contributed by atoms with van der Waals surface area (Å²) >= 11 is 0. The Labute approximate surface area is 137 Å². The number of nitriles is 1. The molecule has 0 spiro atoms. The molecule has 1 N–H and O–H groups in total. The van der Waals surface area contributed by atoms with Crippen LogP contribution < -0.4 is 5.32 Å². The Balaban J connectivity index is 2.02. The fraction of sp³-hybridized carbons (Fsp3) is 0.438. The van der Waals surface area contributed by atoms with Gasteiger partial charge in [0.15, 0.2) is 0 Å². The fourth-order valence-electron chi connectivity index (χ4n) is 2.66. The average molecular weight is 339 g/mol. The van der Waals surface area contributed by atoms with Crippen molar-refractivity contribution in [2.45, 2.75) is 31.5 Å². The Morgan fingerprint density at radius 3 is 2.46 bits per heavy atom. The van der Waals surface area contributed by atoms with Gasteiger partial charge in [-0.2, -0.15) is 18.4 Å². The highest BCUT2D eigenvalue weighted by Gasteiger charge is 2.36. The molecule has 1 aliphatic rings. The molecule has 0 atom stereocenters. The summed E-state index contributed by atoms with van der Waals surface area (Å²) in [6.45, 7) is 0.505. The van der Waals surface area contributed by atoms with E-state index in [0.29, 0.717) is 12.8 Å². The third-order valence-electron chi connectivity index (χ3n) is 3.85. The first-order chi connectivity index (χ1) is 11.3. The predicted molar refractivity (Wildman–Crippen MR) is 78.7 cm³/mol. The summed E-state index contributed by atoms with van der Waals surface area (Å²) in [6, 6.07) is 6.28. The first-order valence-electron chi connectivity index (χ1n) is 7.44. The summed E-state index contributed by atoms with van der Waals surface area (Å²) in [5.41, 5.74) is -1.31. The molecular formula is C16H16F3N3O2. The van der Waals surface area contributed by atoms with E-state index in [1.807, 2.05) is 0 Å².